The van der Waals surface area contributed by atoms with Crippen LogP contribution in [0.15, 0.2) is 48.7 Å². The fraction of sp³-hybridized carbons (Fsp3) is 0.214. The summed E-state index contributed by atoms with van der Waals surface area (Å²) in [7, 11) is -1.86. The first-order chi connectivity index (χ1) is 9.49. The number of pyridine rings is 1. The highest BCUT2D eigenvalue weighted by atomic mass is 32.2. The van der Waals surface area contributed by atoms with E-state index >= 15 is 0 Å². The van der Waals surface area contributed by atoms with Crippen molar-refractivity contribution in [2.24, 2.45) is 0 Å². The van der Waals surface area contributed by atoms with E-state index in [1.165, 1.54) is 11.4 Å². The van der Waals surface area contributed by atoms with Gasteiger partial charge in [0.1, 0.15) is 0 Å². The lowest BCUT2D eigenvalue weighted by atomic mass is 10.3. The van der Waals surface area contributed by atoms with Crippen LogP contribution < -0.4 is 10.0 Å². The molecule has 0 aliphatic rings. The zero-order valence-corrected chi connectivity index (χ0v) is 12.0. The fourth-order valence-electron chi connectivity index (χ4n) is 1.80. The molecule has 6 heteroatoms. The molecule has 0 aliphatic heterocycles. The molecule has 5 nitrogen and oxygen atoms in total. The van der Waals surface area contributed by atoms with Gasteiger partial charge in [-0.05, 0) is 30.3 Å². The highest BCUT2D eigenvalue weighted by Gasteiger charge is 2.18. The third kappa shape index (κ3) is 3.48. The molecule has 0 saturated heterocycles. The van der Waals surface area contributed by atoms with Crippen LogP contribution in [0.5, 0.6) is 0 Å². The molecule has 2 aromatic rings. The second-order valence-electron chi connectivity index (χ2n) is 4.45. The number of benzene rings is 1. The van der Waals surface area contributed by atoms with Crippen LogP contribution in [0.25, 0.3) is 0 Å². The average molecular weight is 291 g/mol. The zero-order valence-electron chi connectivity index (χ0n) is 11.2. The average Bonchev–Trinajstić information content (AvgIpc) is 2.45. The van der Waals surface area contributed by atoms with Crippen molar-refractivity contribution in [3.8, 4) is 0 Å². The topological polar surface area (TPSA) is 76.3 Å². The smallest absolute Gasteiger partial charge is 0.235 e. The lowest BCUT2D eigenvalue weighted by Gasteiger charge is -2.19. The van der Waals surface area contributed by atoms with Gasteiger partial charge in [-0.25, -0.2) is 8.42 Å². The van der Waals surface area contributed by atoms with E-state index in [9.17, 15) is 8.42 Å². The summed E-state index contributed by atoms with van der Waals surface area (Å²) in [5.74, 6) is 0.00924. The first kappa shape index (κ1) is 14.3. The van der Waals surface area contributed by atoms with E-state index in [0.29, 0.717) is 17.8 Å². The van der Waals surface area contributed by atoms with Gasteiger partial charge >= 0.3 is 0 Å². The Balaban J connectivity index is 2.10. The number of aryl methyl sites for hydroxylation is 1. The molecule has 2 N–H and O–H groups in total. The van der Waals surface area contributed by atoms with Gasteiger partial charge in [0.2, 0.25) is 10.0 Å². The number of nitrogen functional groups attached to an aromatic ring is 1. The van der Waals surface area contributed by atoms with Gasteiger partial charge in [0.25, 0.3) is 0 Å². The molecular weight excluding hydrogens is 274 g/mol. The van der Waals surface area contributed by atoms with Crippen molar-refractivity contribution in [1.82, 2.24) is 4.98 Å². The Kier molecular flexibility index (Phi) is 4.24. The summed E-state index contributed by atoms with van der Waals surface area (Å²) in [6.07, 6.45) is 2.04. The van der Waals surface area contributed by atoms with E-state index < -0.39 is 10.0 Å². The molecule has 106 valence electrons. The van der Waals surface area contributed by atoms with E-state index in [-0.39, 0.29) is 5.75 Å². The maximum atomic E-state index is 12.3. The molecule has 0 saturated carbocycles. The van der Waals surface area contributed by atoms with Gasteiger partial charge in [-0.1, -0.05) is 12.1 Å². The minimum absolute atomic E-state index is 0.00924. The van der Waals surface area contributed by atoms with Crippen LogP contribution in [0, 0.1) is 0 Å². The van der Waals surface area contributed by atoms with Crippen LogP contribution in [0.4, 0.5) is 11.4 Å². The Morgan fingerprint density at radius 2 is 2.00 bits per heavy atom. The van der Waals surface area contributed by atoms with Crippen molar-refractivity contribution < 1.29 is 8.42 Å². The number of aromatic nitrogens is 1. The van der Waals surface area contributed by atoms with Crippen molar-refractivity contribution in [3.63, 3.8) is 0 Å². The second-order valence-corrected chi connectivity index (χ2v) is 6.57. The van der Waals surface area contributed by atoms with Gasteiger partial charge in [-0.2, -0.15) is 0 Å². The predicted octanol–water partition coefficient (Wildman–Crippen LogP) is 1.67. The lowest BCUT2D eigenvalue weighted by Crippen LogP contribution is -2.30. The normalized spacial score (nSPS) is 11.2. The van der Waals surface area contributed by atoms with Gasteiger partial charge in [0.05, 0.1) is 11.4 Å². The van der Waals surface area contributed by atoms with Crippen LogP contribution in [0.2, 0.25) is 0 Å². The van der Waals surface area contributed by atoms with Crippen LogP contribution in [0.1, 0.15) is 5.69 Å². The van der Waals surface area contributed by atoms with Crippen molar-refractivity contribution in [1.29, 1.82) is 0 Å². The Hall–Kier alpha value is -2.08. The summed E-state index contributed by atoms with van der Waals surface area (Å²) in [6, 6.07) is 12.3. The predicted molar refractivity (Wildman–Crippen MR) is 81.0 cm³/mol. The van der Waals surface area contributed by atoms with E-state index in [2.05, 4.69) is 4.98 Å². The summed E-state index contributed by atoms with van der Waals surface area (Å²) in [4.78, 5) is 4.13. The van der Waals surface area contributed by atoms with Gasteiger partial charge in [-0.15, -0.1) is 0 Å². The van der Waals surface area contributed by atoms with Crippen molar-refractivity contribution in [2.75, 3.05) is 22.8 Å². The van der Waals surface area contributed by atoms with Gasteiger partial charge in [-0.3, -0.25) is 9.29 Å². The molecule has 0 unspecified atom stereocenters. The lowest BCUT2D eigenvalue weighted by molar-refractivity contribution is 0.593. The number of rotatable bonds is 5. The maximum Gasteiger partial charge on any atom is 0.235 e. The molecule has 0 aliphatic carbocycles. The third-order valence-corrected chi connectivity index (χ3v) is 4.76. The molecule has 20 heavy (non-hydrogen) atoms. The number of nitrogens with zero attached hydrogens (tertiary/aromatic N) is 2. The summed E-state index contributed by atoms with van der Waals surface area (Å²) < 4.78 is 25.8. The minimum atomic E-state index is -3.39. The van der Waals surface area contributed by atoms with Crippen molar-refractivity contribution >= 4 is 21.4 Å². The van der Waals surface area contributed by atoms with Crippen LogP contribution in [-0.4, -0.2) is 26.2 Å². The van der Waals surface area contributed by atoms with E-state index in [1.54, 1.807) is 36.5 Å². The molecular formula is C14H17N3O2S. The largest absolute Gasteiger partial charge is 0.399 e. The summed E-state index contributed by atoms with van der Waals surface area (Å²) in [5, 5.41) is 0. The molecule has 2 rings (SSSR count). The molecule has 0 bridgehead atoms. The van der Waals surface area contributed by atoms with Crippen molar-refractivity contribution in [2.45, 2.75) is 6.42 Å². The number of anilines is 2. The molecule has 0 spiro atoms. The zero-order chi connectivity index (χ0) is 14.6. The van der Waals surface area contributed by atoms with E-state index in [1.807, 2.05) is 12.1 Å². The molecule has 1 aromatic heterocycles. The number of hydrogen-bond donors (Lipinski definition) is 1. The Morgan fingerprint density at radius 3 is 2.65 bits per heavy atom. The summed E-state index contributed by atoms with van der Waals surface area (Å²) in [5.41, 5.74) is 7.53. The summed E-state index contributed by atoms with van der Waals surface area (Å²) >= 11 is 0. The Bertz CT molecular complexity index is 672. The first-order valence-corrected chi connectivity index (χ1v) is 7.82. The van der Waals surface area contributed by atoms with Crippen LogP contribution in [0.3, 0.4) is 0 Å². The minimum Gasteiger partial charge on any atom is -0.399 e. The van der Waals surface area contributed by atoms with Gasteiger partial charge in [0.15, 0.2) is 0 Å². The van der Waals surface area contributed by atoms with Crippen LogP contribution >= 0.6 is 0 Å². The molecule has 0 atom stereocenters. The first-order valence-electron chi connectivity index (χ1n) is 6.21. The molecule has 0 amide bonds. The Labute approximate surface area is 119 Å². The fourth-order valence-corrected chi connectivity index (χ4v) is 2.97. The number of nitrogens with two attached hydrogens (primary N) is 1. The van der Waals surface area contributed by atoms with Gasteiger partial charge in [0, 0.05) is 31.0 Å². The highest BCUT2D eigenvalue weighted by Crippen LogP contribution is 2.19. The maximum absolute atomic E-state index is 12.3. The Morgan fingerprint density at radius 1 is 1.20 bits per heavy atom. The van der Waals surface area contributed by atoms with Crippen molar-refractivity contribution in [3.05, 3.63) is 54.4 Å². The number of hydrogen-bond acceptors (Lipinski definition) is 4. The quantitative estimate of drug-likeness (QED) is 0.850. The standard InChI is InChI=1S/C14H17N3O2S/c1-17(14-7-4-5-12(15)11-14)20(18,19)10-8-13-6-2-3-9-16-13/h2-7,9,11H,8,10,15H2,1H3. The van der Waals surface area contributed by atoms with E-state index in [0.717, 1.165) is 5.69 Å². The summed E-state index contributed by atoms with van der Waals surface area (Å²) in [6.45, 7) is 0. The van der Waals surface area contributed by atoms with Crippen LogP contribution in [-0.2, 0) is 16.4 Å². The monoisotopic (exact) mass is 291 g/mol. The SMILES string of the molecule is CN(c1cccc(N)c1)S(=O)(=O)CCc1ccccn1. The molecule has 0 radical (unpaired) electrons. The molecule has 0 fully saturated rings. The number of sulfonamides is 1. The molecule has 1 heterocycles. The van der Waals surface area contributed by atoms with E-state index in [4.69, 9.17) is 5.73 Å². The second kappa shape index (κ2) is 5.92. The highest BCUT2D eigenvalue weighted by molar-refractivity contribution is 7.92. The molecule has 1 aromatic carbocycles. The third-order valence-electron chi connectivity index (χ3n) is 2.99. The van der Waals surface area contributed by atoms with Gasteiger partial charge < -0.3 is 5.73 Å².